The summed E-state index contributed by atoms with van der Waals surface area (Å²) in [7, 11) is 0. The van der Waals surface area contributed by atoms with Gasteiger partial charge in [-0.05, 0) is 24.6 Å². The molecule has 0 radical (unpaired) electrons. The van der Waals surface area contributed by atoms with E-state index < -0.39 is 55.1 Å². The summed E-state index contributed by atoms with van der Waals surface area (Å²) in [5.74, 6) is -2.06. The van der Waals surface area contributed by atoms with Gasteiger partial charge in [0, 0.05) is 16.9 Å². The third-order valence-electron chi connectivity index (χ3n) is 5.30. The largest absolute Gasteiger partial charge is 0.463 e. The van der Waals surface area contributed by atoms with Gasteiger partial charge in [-0.3, -0.25) is 9.59 Å². The van der Waals surface area contributed by atoms with Crippen molar-refractivity contribution in [1.29, 1.82) is 0 Å². The average molecular weight is 427 g/mol. The molecule has 1 aromatic heterocycles. The molecule has 1 aliphatic heterocycles. The van der Waals surface area contributed by atoms with Crippen LogP contribution in [0.2, 0.25) is 5.02 Å². The van der Waals surface area contributed by atoms with Gasteiger partial charge in [0.1, 0.15) is 31.0 Å². The molecule has 10 heteroatoms. The van der Waals surface area contributed by atoms with Gasteiger partial charge in [-0.2, -0.15) is 0 Å². The standard InChI is InChI=1S/C19H19ClO9/c20-11-4-8(3-7-1-2-27-17(7)11)13(21)9-5-10(9)18(25)28-6-12-14(22)15(23)16(24)19(26)29-12/h1-4,9-10,12,14-16,19,22-24,26H,5-6H2/t9-,10-,12+,14+,15-,16+,19?/m0/s1. The normalized spacial score (nSPS) is 34.2. The van der Waals surface area contributed by atoms with Crippen LogP contribution in [0.1, 0.15) is 16.8 Å². The topological polar surface area (TPSA) is 147 Å². The lowest BCUT2D eigenvalue weighted by Crippen LogP contribution is -2.58. The summed E-state index contributed by atoms with van der Waals surface area (Å²) < 4.78 is 15.3. The van der Waals surface area contributed by atoms with E-state index in [0.29, 0.717) is 28.0 Å². The molecular formula is C19H19ClO9. The van der Waals surface area contributed by atoms with Crippen LogP contribution in [0.25, 0.3) is 11.0 Å². The van der Waals surface area contributed by atoms with Crippen molar-refractivity contribution in [1.82, 2.24) is 0 Å². The Morgan fingerprint density at radius 1 is 1.10 bits per heavy atom. The minimum atomic E-state index is -1.71. The first-order valence-electron chi connectivity index (χ1n) is 9.03. The van der Waals surface area contributed by atoms with Crippen LogP contribution in [-0.4, -0.2) is 69.5 Å². The van der Waals surface area contributed by atoms with Gasteiger partial charge < -0.3 is 34.3 Å². The molecule has 1 unspecified atom stereocenters. The molecule has 0 amide bonds. The molecule has 1 aromatic carbocycles. The maximum absolute atomic E-state index is 12.7. The van der Waals surface area contributed by atoms with E-state index in [-0.39, 0.29) is 5.78 Å². The number of aliphatic hydroxyl groups excluding tert-OH is 4. The lowest BCUT2D eigenvalue weighted by molar-refractivity contribution is -0.287. The van der Waals surface area contributed by atoms with Crippen molar-refractivity contribution in [3.05, 3.63) is 35.0 Å². The fourth-order valence-electron chi connectivity index (χ4n) is 3.48. The zero-order valence-corrected chi connectivity index (χ0v) is 15.7. The molecule has 1 aliphatic carbocycles. The van der Waals surface area contributed by atoms with E-state index in [9.17, 15) is 30.0 Å². The van der Waals surface area contributed by atoms with Crippen molar-refractivity contribution >= 4 is 34.3 Å². The summed E-state index contributed by atoms with van der Waals surface area (Å²) >= 11 is 6.12. The molecule has 29 heavy (non-hydrogen) atoms. The summed E-state index contributed by atoms with van der Waals surface area (Å²) in [5.41, 5.74) is 0.853. The average Bonchev–Trinajstić information content (AvgIpc) is 3.36. The number of hydrogen-bond acceptors (Lipinski definition) is 9. The molecule has 2 aromatic rings. The van der Waals surface area contributed by atoms with Gasteiger partial charge in [-0.25, -0.2) is 0 Å². The van der Waals surface area contributed by atoms with Crippen LogP contribution in [-0.2, 0) is 14.3 Å². The maximum Gasteiger partial charge on any atom is 0.309 e. The van der Waals surface area contributed by atoms with E-state index in [0.717, 1.165) is 0 Å². The number of hydrogen-bond donors (Lipinski definition) is 4. The number of esters is 1. The summed E-state index contributed by atoms with van der Waals surface area (Å²) in [6.07, 6.45) is -5.98. The summed E-state index contributed by atoms with van der Waals surface area (Å²) in [6.45, 7) is -0.439. The molecular weight excluding hydrogens is 408 g/mol. The Balaban J connectivity index is 1.35. The van der Waals surface area contributed by atoms with E-state index in [1.807, 2.05) is 0 Å². The maximum atomic E-state index is 12.7. The van der Waals surface area contributed by atoms with E-state index in [4.69, 9.17) is 25.5 Å². The number of carbonyl (C=O) groups is 2. The van der Waals surface area contributed by atoms with Crippen molar-refractivity contribution in [3.63, 3.8) is 0 Å². The Kier molecular flexibility index (Phi) is 5.36. The predicted octanol–water partition coefficient (Wildman–Crippen LogP) is 0.248. The molecule has 0 spiro atoms. The third kappa shape index (κ3) is 3.77. The van der Waals surface area contributed by atoms with Crippen LogP contribution in [0.4, 0.5) is 0 Å². The summed E-state index contributed by atoms with van der Waals surface area (Å²) in [4.78, 5) is 24.9. The number of Topliss-reactive ketones (excluding diaryl/α,β-unsaturated/α-hetero) is 1. The van der Waals surface area contributed by atoms with E-state index in [2.05, 4.69) is 0 Å². The Morgan fingerprint density at radius 3 is 2.62 bits per heavy atom. The van der Waals surface area contributed by atoms with Gasteiger partial charge in [0.15, 0.2) is 17.7 Å². The minimum absolute atomic E-state index is 0.236. The number of benzene rings is 1. The molecule has 9 nitrogen and oxygen atoms in total. The van der Waals surface area contributed by atoms with E-state index in [1.165, 1.54) is 12.3 Å². The van der Waals surface area contributed by atoms with E-state index >= 15 is 0 Å². The molecule has 0 bridgehead atoms. The first kappa shape index (κ1) is 20.3. The molecule has 1 saturated carbocycles. The van der Waals surface area contributed by atoms with Gasteiger partial charge in [0.05, 0.1) is 17.2 Å². The first-order valence-corrected chi connectivity index (χ1v) is 9.41. The van der Waals surface area contributed by atoms with Crippen molar-refractivity contribution in [2.45, 2.75) is 37.1 Å². The monoisotopic (exact) mass is 426 g/mol. The second kappa shape index (κ2) is 7.67. The van der Waals surface area contributed by atoms with Crippen molar-refractivity contribution in [2.24, 2.45) is 11.8 Å². The lowest BCUT2D eigenvalue weighted by atomic mass is 9.99. The van der Waals surface area contributed by atoms with Gasteiger partial charge >= 0.3 is 5.97 Å². The summed E-state index contributed by atoms with van der Waals surface area (Å²) in [6, 6.07) is 4.83. The number of furan rings is 1. The molecule has 7 atom stereocenters. The molecule has 2 fully saturated rings. The van der Waals surface area contributed by atoms with Gasteiger partial charge in [-0.15, -0.1) is 0 Å². The molecule has 4 rings (SSSR count). The van der Waals surface area contributed by atoms with Crippen LogP contribution in [0.5, 0.6) is 0 Å². The second-order valence-electron chi connectivity index (χ2n) is 7.28. The zero-order valence-electron chi connectivity index (χ0n) is 15.0. The number of halogens is 1. The van der Waals surface area contributed by atoms with Crippen LogP contribution in [0, 0.1) is 11.8 Å². The second-order valence-corrected chi connectivity index (χ2v) is 7.68. The molecule has 1 saturated heterocycles. The first-order chi connectivity index (χ1) is 13.8. The lowest BCUT2D eigenvalue weighted by Gasteiger charge is -2.37. The highest BCUT2D eigenvalue weighted by Gasteiger charge is 2.50. The Hall–Kier alpha value is -2.01. The zero-order chi connectivity index (χ0) is 20.9. The van der Waals surface area contributed by atoms with Crippen molar-refractivity contribution < 1.29 is 43.9 Å². The fourth-order valence-corrected chi connectivity index (χ4v) is 3.75. The fraction of sp³-hybridized carbons (Fsp3) is 0.474. The highest BCUT2D eigenvalue weighted by atomic mass is 35.5. The van der Waals surface area contributed by atoms with Gasteiger partial charge in [0.2, 0.25) is 0 Å². The van der Waals surface area contributed by atoms with Gasteiger partial charge in [-0.1, -0.05) is 11.6 Å². The predicted molar refractivity (Wildman–Crippen MR) is 97.0 cm³/mol. The number of carbonyl (C=O) groups excluding carboxylic acids is 2. The van der Waals surface area contributed by atoms with Crippen LogP contribution in [0.3, 0.4) is 0 Å². The van der Waals surface area contributed by atoms with Crippen molar-refractivity contribution in [3.8, 4) is 0 Å². The van der Waals surface area contributed by atoms with Crippen LogP contribution < -0.4 is 0 Å². The van der Waals surface area contributed by atoms with Gasteiger partial charge in [0.25, 0.3) is 0 Å². The Bertz CT molecular complexity index is 941. The number of rotatable bonds is 5. The molecule has 4 N–H and O–H groups in total. The number of fused-ring (bicyclic) bond motifs is 1. The highest BCUT2D eigenvalue weighted by molar-refractivity contribution is 6.35. The minimum Gasteiger partial charge on any atom is -0.463 e. The number of aliphatic hydroxyl groups is 4. The molecule has 156 valence electrons. The number of ether oxygens (including phenoxy) is 2. The molecule has 2 aliphatic rings. The SMILES string of the molecule is O=C(OC[C@H]1OC(O)[C@H](O)[C@@H](O)[C@@H]1O)[C@H]1C[C@@H]1C(=O)c1cc(Cl)c2occc2c1. The number of ketones is 1. The summed E-state index contributed by atoms with van der Waals surface area (Å²) in [5, 5.41) is 39.4. The van der Waals surface area contributed by atoms with E-state index in [1.54, 1.807) is 12.1 Å². The quantitative estimate of drug-likeness (QED) is 0.390. The smallest absolute Gasteiger partial charge is 0.309 e. The Morgan fingerprint density at radius 2 is 1.86 bits per heavy atom. The van der Waals surface area contributed by atoms with Crippen LogP contribution in [0.15, 0.2) is 28.9 Å². The highest BCUT2D eigenvalue weighted by Crippen LogP contribution is 2.43. The molecule has 2 heterocycles. The Labute approximate surface area is 169 Å². The van der Waals surface area contributed by atoms with Crippen molar-refractivity contribution in [2.75, 3.05) is 6.61 Å². The third-order valence-corrected chi connectivity index (χ3v) is 5.58. The van der Waals surface area contributed by atoms with Crippen LogP contribution >= 0.6 is 11.6 Å².